The van der Waals surface area contributed by atoms with E-state index >= 15 is 0 Å². The highest BCUT2D eigenvalue weighted by Crippen LogP contribution is 2.42. The minimum atomic E-state index is -1.92. The molecule has 0 spiro atoms. The molecule has 0 aromatic carbocycles. The van der Waals surface area contributed by atoms with Crippen LogP contribution in [0.2, 0.25) is 0 Å². The van der Waals surface area contributed by atoms with Gasteiger partial charge in [-0.1, -0.05) is 25.7 Å². The SMILES string of the molecule is OCCCCCC(O)C(O)(CCO)C1(O)CCCCC1O. The molecule has 6 N–H and O–H groups in total. The van der Waals surface area contributed by atoms with E-state index in [1.807, 2.05) is 0 Å². The lowest BCUT2D eigenvalue weighted by molar-refractivity contribution is -0.256. The van der Waals surface area contributed by atoms with Crippen LogP contribution in [0.4, 0.5) is 0 Å². The summed E-state index contributed by atoms with van der Waals surface area (Å²) in [7, 11) is 0. The summed E-state index contributed by atoms with van der Waals surface area (Å²) in [6.45, 7) is -0.293. The normalized spacial score (nSPS) is 30.9. The van der Waals surface area contributed by atoms with Gasteiger partial charge in [-0.25, -0.2) is 0 Å². The van der Waals surface area contributed by atoms with Crippen molar-refractivity contribution in [2.75, 3.05) is 13.2 Å². The summed E-state index contributed by atoms with van der Waals surface area (Å²) in [6, 6.07) is 0. The zero-order valence-electron chi connectivity index (χ0n) is 12.6. The smallest absolute Gasteiger partial charge is 0.124 e. The highest BCUT2D eigenvalue weighted by Gasteiger charge is 2.57. The summed E-state index contributed by atoms with van der Waals surface area (Å²) in [4.78, 5) is 0. The van der Waals surface area contributed by atoms with Crippen molar-refractivity contribution in [1.82, 2.24) is 0 Å². The van der Waals surface area contributed by atoms with Crippen LogP contribution in [-0.2, 0) is 0 Å². The maximum atomic E-state index is 10.8. The Morgan fingerprint density at radius 2 is 1.81 bits per heavy atom. The first-order chi connectivity index (χ1) is 9.92. The Labute approximate surface area is 126 Å². The predicted molar refractivity (Wildman–Crippen MR) is 77.6 cm³/mol. The van der Waals surface area contributed by atoms with Crippen LogP contribution in [0.3, 0.4) is 0 Å². The summed E-state index contributed by atoms with van der Waals surface area (Å²) in [5, 5.41) is 60.0. The van der Waals surface area contributed by atoms with Gasteiger partial charge in [-0.3, -0.25) is 0 Å². The Bertz CT molecular complexity index is 300. The Morgan fingerprint density at radius 3 is 2.38 bits per heavy atom. The molecule has 6 nitrogen and oxygen atoms in total. The Hall–Kier alpha value is -0.240. The molecule has 1 saturated carbocycles. The van der Waals surface area contributed by atoms with Crippen LogP contribution in [0.5, 0.6) is 0 Å². The van der Waals surface area contributed by atoms with Gasteiger partial charge in [0.25, 0.3) is 0 Å². The van der Waals surface area contributed by atoms with Crippen LogP contribution in [0.15, 0.2) is 0 Å². The summed E-state index contributed by atoms with van der Waals surface area (Å²) in [5.41, 5.74) is -3.70. The number of rotatable bonds is 9. The second-order valence-corrected chi connectivity index (χ2v) is 6.17. The van der Waals surface area contributed by atoms with Crippen LogP contribution in [0.25, 0.3) is 0 Å². The Kier molecular flexibility index (Phi) is 7.53. The van der Waals surface area contributed by atoms with Gasteiger partial charge in [0.05, 0.1) is 12.2 Å². The van der Waals surface area contributed by atoms with Gasteiger partial charge in [-0.15, -0.1) is 0 Å². The highest BCUT2D eigenvalue weighted by atomic mass is 16.4. The van der Waals surface area contributed by atoms with Crippen LogP contribution in [-0.4, -0.2) is 67.3 Å². The third-order valence-corrected chi connectivity index (χ3v) is 4.77. The summed E-state index contributed by atoms with van der Waals surface area (Å²) in [5.74, 6) is 0. The molecule has 1 aliphatic carbocycles. The second kappa shape index (κ2) is 8.41. The van der Waals surface area contributed by atoms with Gasteiger partial charge < -0.3 is 30.6 Å². The summed E-state index contributed by atoms with van der Waals surface area (Å²) < 4.78 is 0. The third-order valence-electron chi connectivity index (χ3n) is 4.77. The molecule has 1 rings (SSSR count). The van der Waals surface area contributed by atoms with E-state index < -0.39 is 23.4 Å². The van der Waals surface area contributed by atoms with E-state index in [2.05, 4.69) is 0 Å². The fraction of sp³-hybridized carbons (Fsp3) is 1.00. The lowest BCUT2D eigenvalue weighted by Crippen LogP contribution is -2.67. The fourth-order valence-corrected chi connectivity index (χ4v) is 3.35. The second-order valence-electron chi connectivity index (χ2n) is 6.17. The van der Waals surface area contributed by atoms with Crippen molar-refractivity contribution in [3.8, 4) is 0 Å². The quantitative estimate of drug-likeness (QED) is 0.325. The first-order valence-corrected chi connectivity index (χ1v) is 7.95. The van der Waals surface area contributed by atoms with E-state index in [1.165, 1.54) is 0 Å². The highest BCUT2D eigenvalue weighted by molar-refractivity contribution is 5.09. The lowest BCUT2D eigenvalue weighted by atomic mass is 9.66. The number of hydrogen-bond donors (Lipinski definition) is 6. The Morgan fingerprint density at radius 1 is 1.10 bits per heavy atom. The zero-order chi connectivity index (χ0) is 15.9. The minimum Gasteiger partial charge on any atom is -0.396 e. The van der Waals surface area contributed by atoms with E-state index in [0.717, 1.165) is 6.42 Å². The number of aliphatic hydroxyl groups excluding tert-OH is 4. The van der Waals surface area contributed by atoms with Crippen molar-refractivity contribution < 1.29 is 30.6 Å². The average molecular weight is 306 g/mol. The van der Waals surface area contributed by atoms with Gasteiger partial charge in [-0.2, -0.15) is 0 Å². The molecule has 4 unspecified atom stereocenters. The molecule has 0 heterocycles. The molecule has 0 saturated heterocycles. The number of aliphatic hydroxyl groups is 6. The number of hydrogen-bond acceptors (Lipinski definition) is 6. The summed E-state index contributed by atoms with van der Waals surface area (Å²) in [6.07, 6.45) is 1.70. The molecule has 1 fully saturated rings. The van der Waals surface area contributed by atoms with Crippen molar-refractivity contribution in [1.29, 1.82) is 0 Å². The van der Waals surface area contributed by atoms with E-state index in [9.17, 15) is 25.5 Å². The van der Waals surface area contributed by atoms with Gasteiger partial charge in [0.2, 0.25) is 0 Å². The van der Waals surface area contributed by atoms with Gasteiger partial charge >= 0.3 is 0 Å². The standard InChI is InChI=1S/C15H30O6/c16-10-5-1-2-6-13(19)15(21,9-11-17)14(20)8-4-3-7-12(14)18/h12-13,16-21H,1-11H2. The molecule has 1 aliphatic rings. The first-order valence-electron chi connectivity index (χ1n) is 7.95. The topological polar surface area (TPSA) is 121 Å². The van der Waals surface area contributed by atoms with E-state index in [0.29, 0.717) is 32.1 Å². The fourth-order valence-electron chi connectivity index (χ4n) is 3.35. The maximum absolute atomic E-state index is 10.8. The molecule has 6 heteroatoms. The number of unbranched alkanes of at least 4 members (excludes halogenated alkanes) is 2. The van der Waals surface area contributed by atoms with Crippen molar-refractivity contribution in [3.05, 3.63) is 0 Å². The lowest BCUT2D eigenvalue weighted by Gasteiger charge is -2.50. The van der Waals surface area contributed by atoms with E-state index in [1.54, 1.807) is 0 Å². The van der Waals surface area contributed by atoms with Crippen LogP contribution in [0, 0.1) is 0 Å². The van der Waals surface area contributed by atoms with Crippen LogP contribution < -0.4 is 0 Å². The summed E-state index contributed by atoms with van der Waals surface area (Å²) >= 11 is 0. The molecule has 0 amide bonds. The van der Waals surface area contributed by atoms with E-state index in [-0.39, 0.29) is 32.5 Å². The molecule has 21 heavy (non-hydrogen) atoms. The van der Waals surface area contributed by atoms with Crippen molar-refractivity contribution in [2.45, 2.75) is 81.2 Å². The molecular weight excluding hydrogens is 276 g/mol. The molecule has 0 aromatic rings. The first kappa shape index (κ1) is 18.8. The van der Waals surface area contributed by atoms with Gasteiger partial charge in [0.1, 0.15) is 11.2 Å². The minimum absolute atomic E-state index is 0.0830. The van der Waals surface area contributed by atoms with Gasteiger partial charge in [0, 0.05) is 19.6 Å². The molecule has 0 radical (unpaired) electrons. The Balaban J connectivity index is 2.79. The van der Waals surface area contributed by atoms with Crippen LogP contribution in [0.1, 0.15) is 57.8 Å². The maximum Gasteiger partial charge on any atom is 0.124 e. The molecular formula is C15H30O6. The molecule has 0 aromatic heterocycles. The molecule has 0 bridgehead atoms. The van der Waals surface area contributed by atoms with Crippen molar-refractivity contribution in [3.63, 3.8) is 0 Å². The van der Waals surface area contributed by atoms with Gasteiger partial charge in [0.15, 0.2) is 0 Å². The molecule has 4 atom stereocenters. The predicted octanol–water partition coefficient (Wildman–Crippen LogP) is -0.321. The molecule has 0 aliphatic heterocycles. The monoisotopic (exact) mass is 306 g/mol. The third kappa shape index (κ3) is 4.15. The van der Waals surface area contributed by atoms with Gasteiger partial charge in [-0.05, 0) is 25.7 Å². The zero-order valence-corrected chi connectivity index (χ0v) is 12.6. The van der Waals surface area contributed by atoms with Crippen LogP contribution >= 0.6 is 0 Å². The molecule has 126 valence electrons. The van der Waals surface area contributed by atoms with Crippen molar-refractivity contribution >= 4 is 0 Å². The van der Waals surface area contributed by atoms with Crippen molar-refractivity contribution in [2.24, 2.45) is 0 Å². The van der Waals surface area contributed by atoms with E-state index in [4.69, 9.17) is 5.11 Å². The average Bonchev–Trinajstić information content (AvgIpc) is 2.46. The largest absolute Gasteiger partial charge is 0.396 e.